The van der Waals surface area contributed by atoms with Gasteiger partial charge in [-0.1, -0.05) is 0 Å². The summed E-state index contributed by atoms with van der Waals surface area (Å²) in [5.74, 6) is -1.96. The van der Waals surface area contributed by atoms with Crippen LogP contribution >= 0.6 is 0 Å². The lowest BCUT2D eigenvalue weighted by Crippen LogP contribution is -2.23. The second-order valence-corrected chi connectivity index (χ2v) is 2.61. The molecule has 0 rings (SSSR count). The Morgan fingerprint density at radius 2 is 1.85 bits per heavy atom. The Morgan fingerprint density at radius 3 is 2.23 bits per heavy atom. The average Bonchev–Trinajstić information content (AvgIpc) is 1.98. The van der Waals surface area contributed by atoms with Crippen molar-refractivity contribution < 1.29 is 24.2 Å². The topological polar surface area (TPSA) is 80.7 Å². The summed E-state index contributed by atoms with van der Waals surface area (Å²) in [4.78, 5) is 31.5. The minimum absolute atomic E-state index is 0.107. The molecule has 0 amide bonds. The average molecular weight is 188 g/mol. The molecule has 5 heteroatoms. The van der Waals surface area contributed by atoms with Gasteiger partial charge in [0.05, 0.1) is 6.42 Å². The maximum Gasteiger partial charge on any atom is 0.303 e. The summed E-state index contributed by atoms with van der Waals surface area (Å²) in [5.41, 5.74) is 0. The van der Waals surface area contributed by atoms with Crippen LogP contribution in [-0.4, -0.2) is 28.9 Å². The number of rotatable bonds is 5. The molecule has 0 aromatic rings. The molecule has 0 aliphatic carbocycles. The summed E-state index contributed by atoms with van der Waals surface area (Å²) in [6, 6.07) is 0. The first-order chi connectivity index (χ1) is 5.93. The summed E-state index contributed by atoms with van der Waals surface area (Å²) in [6.07, 6.45) is -1.19. The molecular formula is C8H12O5. The van der Waals surface area contributed by atoms with Gasteiger partial charge in [-0.15, -0.1) is 0 Å². The summed E-state index contributed by atoms with van der Waals surface area (Å²) in [7, 11) is 0. The van der Waals surface area contributed by atoms with Crippen molar-refractivity contribution in [2.24, 2.45) is 0 Å². The van der Waals surface area contributed by atoms with Gasteiger partial charge < -0.3 is 9.84 Å². The predicted octanol–water partition coefficient (Wildman–Crippen LogP) is 0.372. The van der Waals surface area contributed by atoms with Crippen molar-refractivity contribution in [1.29, 1.82) is 0 Å². The van der Waals surface area contributed by atoms with Crippen LogP contribution in [0.1, 0.15) is 26.7 Å². The zero-order valence-corrected chi connectivity index (χ0v) is 7.57. The first-order valence-electron chi connectivity index (χ1n) is 3.85. The van der Waals surface area contributed by atoms with E-state index in [1.807, 2.05) is 0 Å². The molecule has 0 aromatic carbocycles. The van der Waals surface area contributed by atoms with Gasteiger partial charge in [0.2, 0.25) is 0 Å². The third-order valence-electron chi connectivity index (χ3n) is 1.38. The molecule has 0 bridgehead atoms. The molecule has 0 aliphatic heterocycles. The van der Waals surface area contributed by atoms with Gasteiger partial charge in [0.1, 0.15) is 0 Å². The van der Waals surface area contributed by atoms with E-state index in [0.29, 0.717) is 0 Å². The SMILES string of the molecule is CC(=O)OC(C)C(=O)CCC(=O)O. The second-order valence-electron chi connectivity index (χ2n) is 2.61. The third kappa shape index (κ3) is 5.84. The minimum atomic E-state index is -1.04. The van der Waals surface area contributed by atoms with Crippen molar-refractivity contribution in [3.05, 3.63) is 0 Å². The zero-order valence-electron chi connectivity index (χ0n) is 7.57. The number of hydrogen-bond donors (Lipinski definition) is 1. The Kier molecular flexibility index (Phi) is 4.72. The van der Waals surface area contributed by atoms with E-state index in [9.17, 15) is 14.4 Å². The van der Waals surface area contributed by atoms with Crippen LogP contribution in [0.25, 0.3) is 0 Å². The Bertz CT molecular complexity index is 221. The molecule has 0 aromatic heterocycles. The van der Waals surface area contributed by atoms with E-state index >= 15 is 0 Å². The lowest BCUT2D eigenvalue weighted by atomic mass is 10.1. The second kappa shape index (κ2) is 5.29. The molecule has 0 radical (unpaired) electrons. The number of carbonyl (C=O) groups excluding carboxylic acids is 2. The summed E-state index contributed by atoms with van der Waals surface area (Å²) >= 11 is 0. The van der Waals surface area contributed by atoms with Crippen LogP contribution < -0.4 is 0 Å². The van der Waals surface area contributed by atoms with Gasteiger partial charge in [-0.05, 0) is 6.92 Å². The van der Waals surface area contributed by atoms with Crippen molar-refractivity contribution in [2.75, 3.05) is 0 Å². The van der Waals surface area contributed by atoms with Crippen LogP contribution in [-0.2, 0) is 19.1 Å². The van der Waals surface area contributed by atoms with Crippen LogP contribution in [0.4, 0.5) is 0 Å². The summed E-state index contributed by atoms with van der Waals surface area (Å²) < 4.78 is 4.56. The van der Waals surface area contributed by atoms with Crippen LogP contribution in [0.2, 0.25) is 0 Å². The Hall–Kier alpha value is -1.39. The Labute approximate surface area is 75.7 Å². The van der Waals surface area contributed by atoms with Gasteiger partial charge in [-0.2, -0.15) is 0 Å². The maximum atomic E-state index is 11.0. The van der Waals surface area contributed by atoms with Crippen LogP contribution in [0, 0.1) is 0 Å². The van der Waals surface area contributed by atoms with Gasteiger partial charge in [0.25, 0.3) is 0 Å². The lowest BCUT2D eigenvalue weighted by Gasteiger charge is -2.08. The van der Waals surface area contributed by atoms with Crippen LogP contribution in [0.3, 0.4) is 0 Å². The van der Waals surface area contributed by atoms with E-state index in [2.05, 4.69) is 4.74 Å². The fourth-order valence-electron chi connectivity index (χ4n) is 0.748. The Balaban J connectivity index is 3.82. The van der Waals surface area contributed by atoms with E-state index in [0.717, 1.165) is 0 Å². The highest BCUT2D eigenvalue weighted by Gasteiger charge is 2.16. The fourth-order valence-corrected chi connectivity index (χ4v) is 0.748. The number of ketones is 1. The van der Waals surface area contributed by atoms with Gasteiger partial charge in [-0.3, -0.25) is 14.4 Å². The van der Waals surface area contributed by atoms with Gasteiger partial charge in [-0.25, -0.2) is 0 Å². The van der Waals surface area contributed by atoms with Gasteiger partial charge >= 0.3 is 11.9 Å². The number of aliphatic carboxylic acids is 1. The monoisotopic (exact) mass is 188 g/mol. The maximum absolute atomic E-state index is 11.0. The van der Waals surface area contributed by atoms with Gasteiger partial charge in [0.15, 0.2) is 11.9 Å². The number of ether oxygens (including phenoxy) is 1. The van der Waals surface area contributed by atoms with E-state index in [-0.39, 0.29) is 18.6 Å². The van der Waals surface area contributed by atoms with Crippen molar-refractivity contribution in [2.45, 2.75) is 32.8 Å². The van der Waals surface area contributed by atoms with Crippen LogP contribution in [0.5, 0.6) is 0 Å². The first kappa shape index (κ1) is 11.6. The molecule has 0 aliphatic rings. The molecule has 74 valence electrons. The van der Waals surface area contributed by atoms with E-state index in [1.54, 1.807) is 0 Å². The highest BCUT2D eigenvalue weighted by atomic mass is 16.5. The molecule has 5 nitrogen and oxygen atoms in total. The standard InChI is InChI=1S/C8H12O5/c1-5(13-6(2)9)7(10)3-4-8(11)12/h5H,3-4H2,1-2H3,(H,11,12). The number of hydrogen-bond acceptors (Lipinski definition) is 4. The molecule has 13 heavy (non-hydrogen) atoms. The lowest BCUT2D eigenvalue weighted by molar-refractivity contribution is -0.152. The molecule has 1 N–H and O–H groups in total. The quantitative estimate of drug-likeness (QED) is 0.630. The highest BCUT2D eigenvalue weighted by molar-refractivity contribution is 5.87. The highest BCUT2D eigenvalue weighted by Crippen LogP contribution is 2.00. The summed E-state index contributed by atoms with van der Waals surface area (Å²) in [5, 5.41) is 8.27. The van der Waals surface area contributed by atoms with Crippen molar-refractivity contribution in [3.8, 4) is 0 Å². The minimum Gasteiger partial charge on any atom is -0.481 e. The zero-order chi connectivity index (χ0) is 10.4. The molecule has 0 saturated carbocycles. The Morgan fingerprint density at radius 1 is 1.31 bits per heavy atom. The normalized spacial score (nSPS) is 11.8. The van der Waals surface area contributed by atoms with E-state index < -0.39 is 18.0 Å². The number of carboxylic acids is 1. The molecule has 0 saturated heterocycles. The van der Waals surface area contributed by atoms with Gasteiger partial charge in [0, 0.05) is 13.3 Å². The van der Waals surface area contributed by atoms with Crippen molar-refractivity contribution in [3.63, 3.8) is 0 Å². The predicted molar refractivity (Wildman–Crippen MR) is 43.1 cm³/mol. The number of Topliss-reactive ketones (excluding diaryl/α,β-unsaturated/α-hetero) is 1. The van der Waals surface area contributed by atoms with Crippen molar-refractivity contribution >= 4 is 17.7 Å². The summed E-state index contributed by atoms with van der Waals surface area (Å²) in [6.45, 7) is 2.62. The van der Waals surface area contributed by atoms with E-state index in [4.69, 9.17) is 5.11 Å². The molecule has 1 unspecified atom stereocenters. The fraction of sp³-hybridized carbons (Fsp3) is 0.625. The number of esters is 1. The van der Waals surface area contributed by atoms with Crippen LogP contribution in [0.15, 0.2) is 0 Å². The molecule has 0 fully saturated rings. The number of carbonyl (C=O) groups is 3. The van der Waals surface area contributed by atoms with Crippen molar-refractivity contribution in [1.82, 2.24) is 0 Å². The van der Waals surface area contributed by atoms with E-state index in [1.165, 1.54) is 13.8 Å². The third-order valence-corrected chi connectivity index (χ3v) is 1.38. The first-order valence-corrected chi connectivity index (χ1v) is 3.85. The molecule has 1 atom stereocenters. The molecule has 0 spiro atoms. The molecule has 0 heterocycles. The molecular weight excluding hydrogens is 176 g/mol. The largest absolute Gasteiger partial charge is 0.481 e. The smallest absolute Gasteiger partial charge is 0.303 e. The number of carboxylic acid groups (broad SMARTS) is 1.